The van der Waals surface area contributed by atoms with E-state index in [1.807, 2.05) is 19.1 Å². The van der Waals surface area contributed by atoms with Crippen LogP contribution < -0.4 is 10.6 Å². The van der Waals surface area contributed by atoms with Crippen molar-refractivity contribution in [2.45, 2.75) is 6.92 Å². The Morgan fingerprint density at radius 2 is 1.39 bits per heavy atom. The SMILES string of the molecule is Cc1ccccc1C(=O)Nc1ccccc1C(=O)Nc1cccc(C(=O)O)c1. The van der Waals surface area contributed by atoms with Crippen LogP contribution in [0.25, 0.3) is 0 Å². The van der Waals surface area contributed by atoms with E-state index < -0.39 is 11.9 Å². The van der Waals surface area contributed by atoms with Crippen LogP contribution in [0.1, 0.15) is 36.6 Å². The van der Waals surface area contributed by atoms with Crippen molar-refractivity contribution >= 4 is 29.2 Å². The third-order valence-corrected chi connectivity index (χ3v) is 4.18. The molecule has 0 aliphatic rings. The Morgan fingerprint density at radius 1 is 0.750 bits per heavy atom. The van der Waals surface area contributed by atoms with Crippen molar-refractivity contribution in [1.29, 1.82) is 0 Å². The van der Waals surface area contributed by atoms with Crippen molar-refractivity contribution < 1.29 is 19.5 Å². The smallest absolute Gasteiger partial charge is 0.335 e. The third-order valence-electron chi connectivity index (χ3n) is 4.18. The zero-order valence-corrected chi connectivity index (χ0v) is 15.1. The molecule has 0 bridgehead atoms. The number of nitrogens with one attached hydrogen (secondary N) is 2. The van der Waals surface area contributed by atoms with E-state index in [-0.39, 0.29) is 17.0 Å². The molecule has 6 heteroatoms. The molecule has 0 aliphatic carbocycles. The molecule has 3 aromatic rings. The highest BCUT2D eigenvalue weighted by Gasteiger charge is 2.15. The van der Waals surface area contributed by atoms with Crippen LogP contribution in [0.15, 0.2) is 72.8 Å². The van der Waals surface area contributed by atoms with Crippen LogP contribution in [0.5, 0.6) is 0 Å². The lowest BCUT2D eigenvalue weighted by Gasteiger charge is -2.12. The van der Waals surface area contributed by atoms with Gasteiger partial charge in [-0.3, -0.25) is 9.59 Å². The summed E-state index contributed by atoms with van der Waals surface area (Å²) in [5, 5.41) is 14.5. The summed E-state index contributed by atoms with van der Waals surface area (Å²) in [6.07, 6.45) is 0. The quantitative estimate of drug-likeness (QED) is 0.624. The third kappa shape index (κ3) is 4.24. The minimum atomic E-state index is -1.08. The second-order valence-corrected chi connectivity index (χ2v) is 6.15. The number of carbonyl (C=O) groups excluding carboxylic acids is 2. The minimum Gasteiger partial charge on any atom is -0.478 e. The van der Waals surface area contributed by atoms with Crippen molar-refractivity contribution in [2.24, 2.45) is 0 Å². The Morgan fingerprint density at radius 3 is 2.11 bits per heavy atom. The molecule has 3 N–H and O–H groups in total. The Bertz CT molecular complexity index is 1060. The molecular weight excluding hydrogens is 356 g/mol. The standard InChI is InChI=1S/C22H18N2O4/c1-14-7-2-3-10-17(14)20(25)24-19-12-5-4-11-18(19)21(26)23-16-9-6-8-15(13-16)22(27)28/h2-13H,1H3,(H,23,26)(H,24,25)(H,27,28). The van der Waals surface area contributed by atoms with Crippen LogP contribution in [-0.4, -0.2) is 22.9 Å². The van der Waals surface area contributed by atoms with E-state index in [2.05, 4.69) is 10.6 Å². The highest BCUT2D eigenvalue weighted by Crippen LogP contribution is 2.20. The number of aromatic carboxylic acids is 1. The lowest BCUT2D eigenvalue weighted by molar-refractivity contribution is 0.0696. The molecular formula is C22H18N2O4. The van der Waals surface area contributed by atoms with E-state index in [9.17, 15) is 14.4 Å². The predicted molar refractivity (Wildman–Crippen MR) is 107 cm³/mol. The fourth-order valence-electron chi connectivity index (χ4n) is 2.74. The molecule has 6 nitrogen and oxygen atoms in total. The first-order valence-electron chi connectivity index (χ1n) is 8.56. The summed E-state index contributed by atoms with van der Waals surface area (Å²) in [5.41, 5.74) is 2.40. The maximum absolute atomic E-state index is 12.7. The van der Waals surface area contributed by atoms with E-state index >= 15 is 0 Å². The van der Waals surface area contributed by atoms with Gasteiger partial charge in [0.1, 0.15) is 0 Å². The molecule has 3 aromatic carbocycles. The van der Waals surface area contributed by atoms with E-state index in [0.29, 0.717) is 16.9 Å². The van der Waals surface area contributed by atoms with Crippen LogP contribution in [0.3, 0.4) is 0 Å². The summed E-state index contributed by atoms with van der Waals surface area (Å²) in [4.78, 5) is 36.4. The Labute approximate surface area is 161 Å². The van der Waals surface area contributed by atoms with Gasteiger partial charge in [-0.25, -0.2) is 4.79 Å². The van der Waals surface area contributed by atoms with Gasteiger partial charge in [0.15, 0.2) is 0 Å². The number of anilines is 2. The van der Waals surface area contributed by atoms with Crippen molar-refractivity contribution in [3.8, 4) is 0 Å². The van der Waals surface area contributed by atoms with Gasteiger partial charge in [0.05, 0.1) is 16.8 Å². The number of para-hydroxylation sites is 1. The molecule has 3 rings (SSSR count). The van der Waals surface area contributed by atoms with Crippen LogP contribution in [0.2, 0.25) is 0 Å². The number of hydrogen-bond donors (Lipinski definition) is 3. The Balaban J connectivity index is 1.83. The molecule has 0 aromatic heterocycles. The molecule has 2 amide bonds. The summed E-state index contributed by atoms with van der Waals surface area (Å²) in [6, 6.07) is 19.7. The molecule has 0 saturated carbocycles. The second-order valence-electron chi connectivity index (χ2n) is 6.15. The number of carboxylic acids is 1. The summed E-state index contributed by atoms with van der Waals surface area (Å²) >= 11 is 0. The highest BCUT2D eigenvalue weighted by molar-refractivity contribution is 6.13. The minimum absolute atomic E-state index is 0.0685. The summed E-state index contributed by atoms with van der Waals surface area (Å²) in [6.45, 7) is 1.84. The number of carboxylic acid groups (broad SMARTS) is 1. The van der Waals surface area contributed by atoms with Gasteiger partial charge in [0.2, 0.25) is 0 Å². The topological polar surface area (TPSA) is 95.5 Å². The van der Waals surface area contributed by atoms with Gasteiger partial charge in [-0.15, -0.1) is 0 Å². The summed E-state index contributed by atoms with van der Waals surface area (Å²) in [7, 11) is 0. The van der Waals surface area contributed by atoms with Gasteiger partial charge in [-0.2, -0.15) is 0 Å². The van der Waals surface area contributed by atoms with Gasteiger partial charge in [0, 0.05) is 11.3 Å². The lowest BCUT2D eigenvalue weighted by Crippen LogP contribution is -2.19. The average molecular weight is 374 g/mol. The summed E-state index contributed by atoms with van der Waals surface area (Å²) in [5.74, 6) is -1.85. The number of hydrogen-bond acceptors (Lipinski definition) is 3. The molecule has 0 radical (unpaired) electrons. The van der Waals surface area contributed by atoms with Crippen molar-refractivity contribution in [3.05, 3.63) is 95.1 Å². The molecule has 0 unspecified atom stereocenters. The zero-order chi connectivity index (χ0) is 20.1. The Kier molecular flexibility index (Phi) is 5.50. The van der Waals surface area contributed by atoms with Gasteiger partial charge >= 0.3 is 5.97 Å². The van der Waals surface area contributed by atoms with Crippen molar-refractivity contribution in [1.82, 2.24) is 0 Å². The lowest BCUT2D eigenvalue weighted by atomic mass is 10.1. The first-order chi connectivity index (χ1) is 13.5. The van der Waals surface area contributed by atoms with Crippen LogP contribution in [0, 0.1) is 6.92 Å². The molecule has 0 aliphatic heterocycles. The van der Waals surface area contributed by atoms with E-state index in [4.69, 9.17) is 5.11 Å². The van der Waals surface area contributed by atoms with E-state index in [0.717, 1.165) is 5.56 Å². The van der Waals surface area contributed by atoms with Gasteiger partial charge < -0.3 is 15.7 Å². The monoisotopic (exact) mass is 374 g/mol. The maximum Gasteiger partial charge on any atom is 0.335 e. The van der Waals surface area contributed by atoms with Crippen molar-refractivity contribution in [2.75, 3.05) is 10.6 Å². The predicted octanol–water partition coefficient (Wildman–Crippen LogP) is 4.20. The number of aryl methyl sites for hydroxylation is 1. The average Bonchev–Trinajstić information content (AvgIpc) is 2.68. The van der Waals surface area contributed by atoms with Crippen LogP contribution >= 0.6 is 0 Å². The van der Waals surface area contributed by atoms with E-state index in [1.165, 1.54) is 12.1 Å². The van der Waals surface area contributed by atoms with Crippen LogP contribution in [0.4, 0.5) is 11.4 Å². The van der Waals surface area contributed by atoms with E-state index in [1.54, 1.807) is 48.5 Å². The maximum atomic E-state index is 12.7. The van der Waals surface area contributed by atoms with Gasteiger partial charge in [0.25, 0.3) is 11.8 Å². The molecule has 28 heavy (non-hydrogen) atoms. The molecule has 0 fully saturated rings. The van der Waals surface area contributed by atoms with Crippen molar-refractivity contribution in [3.63, 3.8) is 0 Å². The second kappa shape index (κ2) is 8.18. The normalized spacial score (nSPS) is 10.2. The number of carbonyl (C=O) groups is 3. The fourth-order valence-corrected chi connectivity index (χ4v) is 2.74. The molecule has 0 atom stereocenters. The molecule has 0 heterocycles. The molecule has 0 spiro atoms. The highest BCUT2D eigenvalue weighted by atomic mass is 16.4. The first-order valence-corrected chi connectivity index (χ1v) is 8.56. The van der Waals surface area contributed by atoms with Crippen LogP contribution in [-0.2, 0) is 0 Å². The number of amides is 2. The Hall–Kier alpha value is -3.93. The summed E-state index contributed by atoms with van der Waals surface area (Å²) < 4.78 is 0. The number of benzene rings is 3. The molecule has 140 valence electrons. The van der Waals surface area contributed by atoms with Gasteiger partial charge in [-0.1, -0.05) is 36.4 Å². The van der Waals surface area contributed by atoms with Gasteiger partial charge in [-0.05, 0) is 48.9 Å². The largest absolute Gasteiger partial charge is 0.478 e. The zero-order valence-electron chi connectivity index (χ0n) is 15.1. The number of rotatable bonds is 5. The fraction of sp³-hybridized carbons (Fsp3) is 0.0455. The first kappa shape index (κ1) is 18.8. The molecule has 0 saturated heterocycles.